The molecule has 0 amide bonds. The van der Waals surface area contributed by atoms with Crippen molar-refractivity contribution in [2.24, 2.45) is 4.99 Å². The smallest absolute Gasteiger partial charge is 0.216 e. The van der Waals surface area contributed by atoms with Gasteiger partial charge in [0.05, 0.1) is 12.3 Å². The summed E-state index contributed by atoms with van der Waals surface area (Å²) < 4.78 is 33.2. The Morgan fingerprint density at radius 3 is 2.39 bits per heavy atom. The molecule has 31 heavy (non-hydrogen) atoms. The highest BCUT2D eigenvalue weighted by molar-refractivity contribution is 7.88. The molecule has 0 bridgehead atoms. The third-order valence-electron chi connectivity index (χ3n) is 4.43. The number of nitrogens with one attached hydrogen (secondary N) is 3. The summed E-state index contributed by atoms with van der Waals surface area (Å²) in [5, 5.41) is 6.50. The minimum Gasteiger partial charge on any atom is -0.489 e. The monoisotopic (exact) mass is 446 g/mol. The van der Waals surface area contributed by atoms with E-state index in [2.05, 4.69) is 20.3 Å². The van der Waals surface area contributed by atoms with Gasteiger partial charge in [-0.1, -0.05) is 36.4 Å². The average molecular weight is 447 g/mol. The molecule has 2 rings (SSSR count). The highest BCUT2D eigenvalue weighted by Crippen LogP contribution is 2.14. The van der Waals surface area contributed by atoms with Crippen molar-refractivity contribution in [2.75, 3.05) is 13.6 Å². The average Bonchev–Trinajstić information content (AvgIpc) is 2.68. The molecule has 0 saturated carbocycles. The normalized spacial score (nSPS) is 13.2. The van der Waals surface area contributed by atoms with Crippen molar-refractivity contribution in [3.63, 3.8) is 0 Å². The van der Waals surface area contributed by atoms with Crippen molar-refractivity contribution in [2.45, 2.75) is 52.1 Å². The van der Waals surface area contributed by atoms with Gasteiger partial charge in [-0.3, -0.25) is 4.99 Å². The standard InChI is InChI=1S/C23H34N4O3S/c1-17(2)27-31(28,29)16-21-11-7-6-10-20(21)15-26-23(24-5)25-14-19(4)30-22-12-8-9-18(3)13-22/h6-13,17,19,27H,14-16H2,1-5H3,(H2,24,25,26). The molecule has 0 saturated heterocycles. The van der Waals surface area contributed by atoms with E-state index >= 15 is 0 Å². The van der Waals surface area contributed by atoms with Crippen LogP contribution in [0.3, 0.4) is 0 Å². The van der Waals surface area contributed by atoms with Gasteiger partial charge in [-0.2, -0.15) is 0 Å². The Bertz CT molecular complexity index is 974. The number of benzene rings is 2. The van der Waals surface area contributed by atoms with Crippen LogP contribution in [0.2, 0.25) is 0 Å². The number of ether oxygens (including phenoxy) is 1. The first-order valence-electron chi connectivity index (χ1n) is 10.4. The van der Waals surface area contributed by atoms with Crippen LogP contribution in [-0.4, -0.2) is 40.1 Å². The summed E-state index contributed by atoms with van der Waals surface area (Å²) in [5.41, 5.74) is 2.82. The quantitative estimate of drug-likeness (QED) is 0.386. The second-order valence-corrected chi connectivity index (χ2v) is 9.61. The number of hydrogen-bond donors (Lipinski definition) is 3. The lowest BCUT2D eigenvalue weighted by Crippen LogP contribution is -2.41. The summed E-state index contributed by atoms with van der Waals surface area (Å²) in [6.45, 7) is 8.67. The highest BCUT2D eigenvalue weighted by Gasteiger charge is 2.15. The van der Waals surface area contributed by atoms with E-state index in [9.17, 15) is 8.42 Å². The summed E-state index contributed by atoms with van der Waals surface area (Å²) in [6.07, 6.45) is -0.0557. The lowest BCUT2D eigenvalue weighted by atomic mass is 10.1. The van der Waals surface area contributed by atoms with Crippen LogP contribution in [0.5, 0.6) is 5.75 Å². The molecule has 2 aromatic rings. The molecule has 0 aromatic heterocycles. The molecule has 0 fully saturated rings. The van der Waals surface area contributed by atoms with Crippen molar-refractivity contribution >= 4 is 16.0 Å². The number of aliphatic imine (C=N–C) groups is 1. The molecule has 0 heterocycles. The van der Waals surface area contributed by atoms with Crippen LogP contribution in [0.25, 0.3) is 0 Å². The molecule has 1 atom stereocenters. The van der Waals surface area contributed by atoms with Gasteiger partial charge in [-0.25, -0.2) is 13.1 Å². The SMILES string of the molecule is CN=C(NCc1ccccc1CS(=O)(=O)NC(C)C)NCC(C)Oc1cccc(C)c1. The summed E-state index contributed by atoms with van der Waals surface area (Å²) in [6, 6.07) is 15.3. The molecule has 0 aliphatic heterocycles. The molecule has 0 radical (unpaired) electrons. The minimum absolute atomic E-state index is 0.0557. The van der Waals surface area contributed by atoms with Crippen LogP contribution in [0, 0.1) is 6.92 Å². The van der Waals surface area contributed by atoms with E-state index in [1.54, 1.807) is 7.05 Å². The molecule has 0 aliphatic carbocycles. The van der Waals surface area contributed by atoms with Crippen LogP contribution < -0.4 is 20.1 Å². The molecular formula is C23H34N4O3S. The third kappa shape index (κ3) is 8.98. The fourth-order valence-electron chi connectivity index (χ4n) is 3.08. The van der Waals surface area contributed by atoms with Crippen LogP contribution in [0.1, 0.15) is 37.5 Å². The lowest BCUT2D eigenvalue weighted by molar-refractivity contribution is 0.223. The van der Waals surface area contributed by atoms with E-state index in [0.717, 1.165) is 22.4 Å². The third-order valence-corrected chi connectivity index (χ3v) is 5.95. The van der Waals surface area contributed by atoms with Gasteiger partial charge in [0.25, 0.3) is 0 Å². The van der Waals surface area contributed by atoms with Crippen molar-refractivity contribution in [3.8, 4) is 5.75 Å². The number of aryl methyl sites for hydroxylation is 1. The van der Waals surface area contributed by atoms with Gasteiger partial charge < -0.3 is 15.4 Å². The van der Waals surface area contributed by atoms with Gasteiger partial charge in [0.1, 0.15) is 11.9 Å². The maximum Gasteiger partial charge on any atom is 0.216 e. The van der Waals surface area contributed by atoms with E-state index in [1.807, 2.05) is 76.2 Å². The first kappa shape index (κ1) is 24.7. The lowest BCUT2D eigenvalue weighted by Gasteiger charge is -2.19. The fourth-order valence-corrected chi connectivity index (χ4v) is 4.57. The summed E-state index contributed by atoms with van der Waals surface area (Å²) in [4.78, 5) is 4.25. The Morgan fingerprint density at radius 2 is 1.74 bits per heavy atom. The summed E-state index contributed by atoms with van der Waals surface area (Å²) in [7, 11) is -1.70. The zero-order valence-corrected chi connectivity index (χ0v) is 19.8. The number of nitrogens with zero attached hydrogens (tertiary/aromatic N) is 1. The molecule has 7 nitrogen and oxygen atoms in total. The van der Waals surface area contributed by atoms with Crippen molar-refractivity contribution in [1.82, 2.24) is 15.4 Å². The topological polar surface area (TPSA) is 91.8 Å². The fraction of sp³-hybridized carbons (Fsp3) is 0.435. The first-order valence-corrected chi connectivity index (χ1v) is 12.1. The van der Waals surface area contributed by atoms with Gasteiger partial charge in [0, 0.05) is 19.6 Å². The molecular weight excluding hydrogens is 412 g/mol. The number of hydrogen-bond acceptors (Lipinski definition) is 4. The minimum atomic E-state index is -3.40. The summed E-state index contributed by atoms with van der Waals surface area (Å²) in [5.74, 6) is 1.40. The highest BCUT2D eigenvalue weighted by atomic mass is 32.2. The summed E-state index contributed by atoms with van der Waals surface area (Å²) >= 11 is 0. The predicted octanol–water partition coefficient (Wildman–Crippen LogP) is 2.96. The maximum absolute atomic E-state index is 12.3. The second-order valence-electron chi connectivity index (χ2n) is 7.85. The van der Waals surface area contributed by atoms with Gasteiger partial charge in [0.15, 0.2) is 5.96 Å². The van der Waals surface area contributed by atoms with Gasteiger partial charge >= 0.3 is 0 Å². The molecule has 2 aromatic carbocycles. The first-order chi connectivity index (χ1) is 14.7. The molecule has 0 aliphatic rings. The van der Waals surface area contributed by atoms with Crippen LogP contribution in [0.15, 0.2) is 53.5 Å². The van der Waals surface area contributed by atoms with E-state index < -0.39 is 10.0 Å². The number of guanidine groups is 1. The van der Waals surface area contributed by atoms with E-state index in [-0.39, 0.29) is 17.9 Å². The predicted molar refractivity (Wildman–Crippen MR) is 127 cm³/mol. The van der Waals surface area contributed by atoms with E-state index in [4.69, 9.17) is 4.74 Å². The van der Waals surface area contributed by atoms with E-state index in [1.165, 1.54) is 0 Å². The second kappa shape index (κ2) is 11.7. The van der Waals surface area contributed by atoms with Crippen LogP contribution in [-0.2, 0) is 22.3 Å². The molecule has 1 unspecified atom stereocenters. The number of sulfonamides is 1. The largest absolute Gasteiger partial charge is 0.489 e. The molecule has 3 N–H and O–H groups in total. The Balaban J connectivity index is 1.91. The van der Waals surface area contributed by atoms with E-state index in [0.29, 0.717) is 19.0 Å². The van der Waals surface area contributed by atoms with Gasteiger partial charge in [-0.05, 0) is 56.5 Å². The maximum atomic E-state index is 12.3. The molecule has 8 heteroatoms. The Morgan fingerprint density at radius 1 is 1.03 bits per heavy atom. The zero-order valence-electron chi connectivity index (χ0n) is 19.0. The molecule has 0 spiro atoms. The van der Waals surface area contributed by atoms with Crippen LogP contribution in [0.4, 0.5) is 0 Å². The molecule has 170 valence electrons. The van der Waals surface area contributed by atoms with Crippen molar-refractivity contribution in [3.05, 3.63) is 65.2 Å². The van der Waals surface area contributed by atoms with Crippen molar-refractivity contribution in [1.29, 1.82) is 0 Å². The Labute approximate surface area is 186 Å². The number of rotatable bonds is 10. The van der Waals surface area contributed by atoms with Gasteiger partial charge in [-0.15, -0.1) is 0 Å². The Hall–Kier alpha value is -2.58. The Kier molecular flexibility index (Phi) is 9.33. The van der Waals surface area contributed by atoms with Gasteiger partial charge in [0.2, 0.25) is 10.0 Å². The van der Waals surface area contributed by atoms with Crippen LogP contribution >= 0.6 is 0 Å². The zero-order chi connectivity index (χ0) is 22.9. The van der Waals surface area contributed by atoms with Crippen molar-refractivity contribution < 1.29 is 13.2 Å².